The molecule has 0 aliphatic carbocycles. The van der Waals surface area contributed by atoms with Gasteiger partial charge in [-0.05, 0) is 24.6 Å². The Morgan fingerprint density at radius 2 is 2.21 bits per heavy atom. The number of nitrogens with zero attached hydrogens (tertiary/aromatic N) is 1. The minimum atomic E-state index is -1.06. The molecule has 0 spiro atoms. The van der Waals surface area contributed by atoms with E-state index in [1.54, 1.807) is 18.2 Å². The van der Waals surface area contributed by atoms with Crippen LogP contribution in [0.3, 0.4) is 0 Å². The number of halogens is 1. The lowest BCUT2D eigenvalue weighted by Gasteiger charge is -2.31. The number of morpholine rings is 1. The van der Waals surface area contributed by atoms with E-state index in [1.165, 1.54) is 4.90 Å². The second-order valence-electron chi connectivity index (χ2n) is 4.41. The molecule has 1 aromatic carbocycles. The van der Waals surface area contributed by atoms with E-state index in [-0.39, 0.29) is 19.1 Å². The Balaban J connectivity index is 2.19. The van der Waals surface area contributed by atoms with Crippen LogP contribution in [0.1, 0.15) is 15.9 Å². The summed E-state index contributed by atoms with van der Waals surface area (Å²) in [5.74, 6) is -1.27. The number of carbonyl (C=O) groups is 2. The summed E-state index contributed by atoms with van der Waals surface area (Å²) in [5, 5.41) is 9.41. The van der Waals surface area contributed by atoms with Crippen LogP contribution < -0.4 is 0 Å². The summed E-state index contributed by atoms with van der Waals surface area (Å²) in [4.78, 5) is 24.7. The summed E-state index contributed by atoms with van der Waals surface area (Å²) in [6.45, 7) is 2.48. The third-order valence-corrected chi connectivity index (χ3v) is 3.29. The molecule has 1 N–H and O–H groups in total. The van der Waals surface area contributed by atoms with Gasteiger partial charge in [0.1, 0.15) is 0 Å². The van der Waals surface area contributed by atoms with E-state index >= 15 is 0 Å². The SMILES string of the molecule is Cc1ccc(Cl)cc1C(=O)N1CCOC(C(=O)O)C1. The van der Waals surface area contributed by atoms with Crippen LogP contribution in [-0.2, 0) is 9.53 Å². The lowest BCUT2D eigenvalue weighted by molar-refractivity contribution is -0.154. The maximum Gasteiger partial charge on any atom is 0.334 e. The molecule has 1 heterocycles. The van der Waals surface area contributed by atoms with E-state index in [0.29, 0.717) is 17.1 Å². The Morgan fingerprint density at radius 1 is 1.47 bits per heavy atom. The normalized spacial score (nSPS) is 19.3. The van der Waals surface area contributed by atoms with E-state index < -0.39 is 12.1 Å². The first-order valence-electron chi connectivity index (χ1n) is 5.89. The Morgan fingerprint density at radius 3 is 2.89 bits per heavy atom. The number of benzene rings is 1. The fourth-order valence-electron chi connectivity index (χ4n) is 1.98. The minimum absolute atomic E-state index is 0.0557. The summed E-state index contributed by atoms with van der Waals surface area (Å²) >= 11 is 5.89. The third-order valence-electron chi connectivity index (χ3n) is 3.06. The molecule has 1 fully saturated rings. The molecule has 6 heteroatoms. The maximum absolute atomic E-state index is 12.4. The topological polar surface area (TPSA) is 66.8 Å². The van der Waals surface area contributed by atoms with Crippen molar-refractivity contribution in [2.75, 3.05) is 19.7 Å². The molecule has 1 amide bonds. The number of amides is 1. The number of carboxylic acids is 1. The van der Waals surface area contributed by atoms with Crippen LogP contribution in [-0.4, -0.2) is 47.7 Å². The highest BCUT2D eigenvalue weighted by atomic mass is 35.5. The fraction of sp³-hybridized carbons (Fsp3) is 0.385. The average Bonchev–Trinajstić information content (AvgIpc) is 2.41. The van der Waals surface area contributed by atoms with Gasteiger partial charge in [-0.2, -0.15) is 0 Å². The molecule has 0 bridgehead atoms. The van der Waals surface area contributed by atoms with Gasteiger partial charge in [0.05, 0.1) is 13.2 Å². The van der Waals surface area contributed by atoms with Crippen molar-refractivity contribution in [3.05, 3.63) is 34.3 Å². The van der Waals surface area contributed by atoms with E-state index in [2.05, 4.69) is 0 Å². The van der Waals surface area contributed by atoms with Gasteiger partial charge in [-0.3, -0.25) is 4.79 Å². The van der Waals surface area contributed by atoms with Gasteiger partial charge in [0, 0.05) is 17.1 Å². The van der Waals surface area contributed by atoms with Crippen molar-refractivity contribution < 1.29 is 19.4 Å². The zero-order valence-corrected chi connectivity index (χ0v) is 11.2. The smallest absolute Gasteiger partial charge is 0.334 e. The van der Waals surface area contributed by atoms with E-state index in [9.17, 15) is 9.59 Å². The predicted molar refractivity (Wildman–Crippen MR) is 69.5 cm³/mol. The molecule has 1 saturated heterocycles. The summed E-state index contributed by atoms with van der Waals surface area (Å²) in [7, 11) is 0. The average molecular weight is 284 g/mol. The Hall–Kier alpha value is -1.59. The maximum atomic E-state index is 12.4. The molecule has 0 aromatic heterocycles. The molecule has 1 atom stereocenters. The fourth-order valence-corrected chi connectivity index (χ4v) is 2.15. The van der Waals surface area contributed by atoms with Crippen molar-refractivity contribution in [3.8, 4) is 0 Å². The Labute approximate surface area is 115 Å². The number of aryl methyl sites for hydroxylation is 1. The van der Waals surface area contributed by atoms with Crippen molar-refractivity contribution in [1.82, 2.24) is 4.90 Å². The number of rotatable bonds is 2. The summed E-state index contributed by atoms with van der Waals surface area (Å²) in [6.07, 6.45) is -0.961. The predicted octanol–water partition coefficient (Wildman–Crippen LogP) is 1.57. The van der Waals surface area contributed by atoms with Crippen LogP contribution in [0.2, 0.25) is 5.02 Å². The molecular weight excluding hydrogens is 270 g/mol. The molecule has 1 aliphatic rings. The molecule has 1 aliphatic heterocycles. The van der Waals surface area contributed by atoms with Gasteiger partial charge in [-0.15, -0.1) is 0 Å². The number of carbonyl (C=O) groups excluding carboxylic acids is 1. The number of ether oxygens (including phenoxy) is 1. The molecule has 19 heavy (non-hydrogen) atoms. The first-order valence-corrected chi connectivity index (χ1v) is 6.26. The van der Waals surface area contributed by atoms with Crippen LogP contribution in [0.4, 0.5) is 0 Å². The highest BCUT2D eigenvalue weighted by Gasteiger charge is 2.29. The molecule has 102 valence electrons. The van der Waals surface area contributed by atoms with Crippen molar-refractivity contribution in [1.29, 1.82) is 0 Å². The van der Waals surface area contributed by atoms with E-state index in [0.717, 1.165) is 5.56 Å². The number of hydrogen-bond donors (Lipinski definition) is 1. The largest absolute Gasteiger partial charge is 0.479 e. The van der Waals surface area contributed by atoms with Gasteiger partial charge >= 0.3 is 5.97 Å². The van der Waals surface area contributed by atoms with Gasteiger partial charge in [0.15, 0.2) is 6.10 Å². The number of hydrogen-bond acceptors (Lipinski definition) is 3. The van der Waals surface area contributed by atoms with Crippen molar-refractivity contribution in [2.24, 2.45) is 0 Å². The monoisotopic (exact) mass is 283 g/mol. The van der Waals surface area contributed by atoms with Crippen LogP contribution in [0, 0.1) is 6.92 Å². The van der Waals surface area contributed by atoms with Crippen molar-refractivity contribution >= 4 is 23.5 Å². The molecule has 1 aromatic rings. The second-order valence-corrected chi connectivity index (χ2v) is 4.84. The highest BCUT2D eigenvalue weighted by Crippen LogP contribution is 2.18. The first kappa shape index (κ1) is 13.8. The van der Waals surface area contributed by atoms with E-state index in [4.69, 9.17) is 21.4 Å². The Bertz CT molecular complexity index is 517. The van der Waals surface area contributed by atoms with Crippen molar-refractivity contribution in [2.45, 2.75) is 13.0 Å². The minimum Gasteiger partial charge on any atom is -0.479 e. The molecule has 1 unspecified atom stereocenters. The zero-order valence-electron chi connectivity index (χ0n) is 10.4. The standard InChI is InChI=1S/C13H14ClNO4/c1-8-2-3-9(14)6-10(8)12(16)15-4-5-19-11(7-15)13(17)18/h2-3,6,11H,4-5,7H2,1H3,(H,17,18). The van der Waals surface area contributed by atoms with Crippen LogP contribution in [0.5, 0.6) is 0 Å². The molecule has 0 radical (unpaired) electrons. The van der Waals surface area contributed by atoms with Crippen LogP contribution >= 0.6 is 11.6 Å². The van der Waals surface area contributed by atoms with Crippen LogP contribution in [0.25, 0.3) is 0 Å². The molecule has 5 nitrogen and oxygen atoms in total. The van der Waals surface area contributed by atoms with Gasteiger partial charge in [-0.25, -0.2) is 4.79 Å². The van der Waals surface area contributed by atoms with Gasteiger partial charge in [-0.1, -0.05) is 17.7 Å². The first-order chi connectivity index (χ1) is 8.99. The van der Waals surface area contributed by atoms with Crippen LogP contribution in [0.15, 0.2) is 18.2 Å². The summed E-state index contributed by atoms with van der Waals surface area (Å²) in [6, 6.07) is 5.09. The zero-order chi connectivity index (χ0) is 14.0. The van der Waals surface area contributed by atoms with Gasteiger partial charge in [0.25, 0.3) is 5.91 Å². The molecular formula is C13H14ClNO4. The highest BCUT2D eigenvalue weighted by molar-refractivity contribution is 6.31. The number of aliphatic carboxylic acids is 1. The Kier molecular flexibility index (Phi) is 4.07. The second kappa shape index (κ2) is 5.59. The number of carboxylic acid groups (broad SMARTS) is 1. The lowest BCUT2D eigenvalue weighted by Crippen LogP contribution is -2.48. The van der Waals surface area contributed by atoms with E-state index in [1.807, 2.05) is 6.92 Å². The quantitative estimate of drug-likeness (QED) is 0.895. The summed E-state index contributed by atoms with van der Waals surface area (Å²) < 4.78 is 5.09. The van der Waals surface area contributed by atoms with Gasteiger partial charge in [0.2, 0.25) is 0 Å². The van der Waals surface area contributed by atoms with Gasteiger partial charge < -0.3 is 14.7 Å². The van der Waals surface area contributed by atoms with Crippen molar-refractivity contribution in [3.63, 3.8) is 0 Å². The summed E-state index contributed by atoms with van der Waals surface area (Å²) in [5.41, 5.74) is 1.31. The lowest BCUT2D eigenvalue weighted by atomic mass is 10.1. The molecule has 2 rings (SSSR count). The third kappa shape index (κ3) is 3.05. The molecule has 0 saturated carbocycles.